The van der Waals surface area contributed by atoms with Gasteiger partial charge in [-0.2, -0.15) is 0 Å². The maximum atomic E-state index is 11.1. The first-order chi connectivity index (χ1) is 6.52. The number of carbonyl (C=O) groups excluding carboxylic acids is 2. The highest BCUT2D eigenvalue weighted by Gasteiger charge is 2.21. The molecule has 0 spiro atoms. The minimum atomic E-state index is -0.242. The summed E-state index contributed by atoms with van der Waals surface area (Å²) in [6.07, 6.45) is 0.988. The van der Waals surface area contributed by atoms with Crippen LogP contribution in [0.3, 0.4) is 0 Å². The van der Waals surface area contributed by atoms with Gasteiger partial charge in [-0.3, -0.25) is 9.59 Å². The normalized spacial score (nSPS) is 14.3. The van der Waals surface area contributed by atoms with E-state index in [-0.39, 0.29) is 23.8 Å². The van der Waals surface area contributed by atoms with Crippen molar-refractivity contribution in [2.45, 2.75) is 26.7 Å². The third kappa shape index (κ3) is 4.25. The highest BCUT2D eigenvalue weighted by Crippen LogP contribution is 2.18. The molecule has 0 N–H and O–H groups in total. The molecule has 0 aliphatic heterocycles. The van der Waals surface area contributed by atoms with Crippen molar-refractivity contribution in [3.05, 3.63) is 0 Å². The molecule has 0 aliphatic carbocycles. The van der Waals surface area contributed by atoms with Crippen LogP contribution in [0.5, 0.6) is 0 Å². The molecule has 0 heterocycles. The second-order valence-electron chi connectivity index (χ2n) is 3.40. The van der Waals surface area contributed by atoms with Crippen LogP contribution in [-0.2, 0) is 19.1 Å². The minimum absolute atomic E-state index is 0.126. The predicted octanol–water partition coefficient (Wildman–Crippen LogP) is 1.38. The second kappa shape index (κ2) is 6.40. The lowest BCUT2D eigenvalue weighted by molar-refractivity contribution is -0.147. The average Bonchev–Trinajstić information content (AvgIpc) is 2.22. The molecule has 0 saturated carbocycles. The Hall–Kier alpha value is -1.06. The molecule has 0 aliphatic rings. The van der Waals surface area contributed by atoms with Gasteiger partial charge in [0.05, 0.1) is 20.1 Å². The van der Waals surface area contributed by atoms with Crippen LogP contribution in [0, 0.1) is 11.8 Å². The summed E-state index contributed by atoms with van der Waals surface area (Å²) in [7, 11) is 2.72. The Morgan fingerprint density at radius 2 is 1.71 bits per heavy atom. The molecule has 0 aromatic carbocycles. The molecular formula is C10H18O4. The molecular weight excluding hydrogens is 184 g/mol. The van der Waals surface area contributed by atoms with Crippen LogP contribution in [0.25, 0.3) is 0 Å². The molecule has 4 heteroatoms. The van der Waals surface area contributed by atoms with E-state index in [9.17, 15) is 9.59 Å². The van der Waals surface area contributed by atoms with Gasteiger partial charge >= 0.3 is 11.9 Å². The van der Waals surface area contributed by atoms with Gasteiger partial charge in [0, 0.05) is 6.42 Å². The van der Waals surface area contributed by atoms with E-state index in [1.165, 1.54) is 14.2 Å². The van der Waals surface area contributed by atoms with Gasteiger partial charge < -0.3 is 9.47 Å². The lowest BCUT2D eigenvalue weighted by Gasteiger charge is -2.16. The number of esters is 2. The number of ether oxygens (including phenoxy) is 2. The topological polar surface area (TPSA) is 52.6 Å². The van der Waals surface area contributed by atoms with Gasteiger partial charge in [0.1, 0.15) is 0 Å². The molecule has 14 heavy (non-hydrogen) atoms. The summed E-state index contributed by atoms with van der Waals surface area (Å²) < 4.78 is 9.12. The molecule has 4 nitrogen and oxygen atoms in total. The van der Waals surface area contributed by atoms with Crippen LogP contribution >= 0.6 is 0 Å². The fourth-order valence-corrected chi connectivity index (χ4v) is 1.12. The molecule has 0 saturated heterocycles. The molecule has 0 aromatic rings. The lowest BCUT2D eigenvalue weighted by Crippen LogP contribution is -2.21. The van der Waals surface area contributed by atoms with Crippen molar-refractivity contribution in [3.63, 3.8) is 0 Å². The van der Waals surface area contributed by atoms with Crippen molar-refractivity contribution in [1.82, 2.24) is 0 Å². The molecule has 2 atom stereocenters. The predicted molar refractivity (Wildman–Crippen MR) is 51.6 cm³/mol. The summed E-state index contributed by atoms with van der Waals surface area (Å²) in [5.74, 6) is -0.525. The SMILES string of the molecule is COC(=O)CC[C@H](C)[C@H](C)C(=O)OC. The zero-order chi connectivity index (χ0) is 11.1. The van der Waals surface area contributed by atoms with Crippen LogP contribution in [0.4, 0.5) is 0 Å². The largest absolute Gasteiger partial charge is 0.469 e. The second-order valence-corrected chi connectivity index (χ2v) is 3.40. The van der Waals surface area contributed by atoms with Gasteiger partial charge in [-0.1, -0.05) is 13.8 Å². The van der Waals surface area contributed by atoms with Gasteiger partial charge in [-0.15, -0.1) is 0 Å². The number of hydrogen-bond donors (Lipinski definition) is 0. The van der Waals surface area contributed by atoms with Gasteiger partial charge in [0.15, 0.2) is 0 Å². The van der Waals surface area contributed by atoms with E-state index in [0.29, 0.717) is 12.8 Å². The van der Waals surface area contributed by atoms with Crippen molar-refractivity contribution in [2.75, 3.05) is 14.2 Å². The standard InChI is InChI=1S/C10H18O4/c1-7(5-6-9(11)13-3)8(2)10(12)14-4/h7-8H,5-6H2,1-4H3/t7-,8-/m0/s1. The first kappa shape index (κ1) is 12.9. The Morgan fingerprint density at radius 1 is 1.14 bits per heavy atom. The van der Waals surface area contributed by atoms with E-state index in [4.69, 9.17) is 0 Å². The highest BCUT2D eigenvalue weighted by atomic mass is 16.5. The molecule has 0 aromatic heterocycles. The first-order valence-corrected chi connectivity index (χ1v) is 4.67. The maximum Gasteiger partial charge on any atom is 0.308 e. The van der Waals surface area contributed by atoms with Gasteiger partial charge in [-0.25, -0.2) is 0 Å². The fourth-order valence-electron chi connectivity index (χ4n) is 1.12. The van der Waals surface area contributed by atoms with Crippen molar-refractivity contribution in [3.8, 4) is 0 Å². The van der Waals surface area contributed by atoms with E-state index in [2.05, 4.69) is 9.47 Å². The van der Waals surface area contributed by atoms with Crippen molar-refractivity contribution < 1.29 is 19.1 Å². The van der Waals surface area contributed by atoms with Crippen molar-refractivity contribution in [2.24, 2.45) is 11.8 Å². The van der Waals surface area contributed by atoms with E-state index < -0.39 is 0 Å². The van der Waals surface area contributed by atoms with Crippen LogP contribution in [-0.4, -0.2) is 26.2 Å². The van der Waals surface area contributed by atoms with Gasteiger partial charge in [-0.05, 0) is 12.3 Å². The number of rotatable bonds is 5. The monoisotopic (exact) mass is 202 g/mol. The molecule has 0 bridgehead atoms. The Balaban J connectivity index is 3.89. The van der Waals surface area contributed by atoms with Crippen LogP contribution in [0.15, 0.2) is 0 Å². The van der Waals surface area contributed by atoms with Crippen LogP contribution < -0.4 is 0 Å². The summed E-state index contributed by atoms with van der Waals surface area (Å²) in [5.41, 5.74) is 0. The fraction of sp³-hybridized carbons (Fsp3) is 0.800. The third-order valence-electron chi connectivity index (χ3n) is 2.46. The summed E-state index contributed by atoms with van der Waals surface area (Å²) in [5, 5.41) is 0. The van der Waals surface area contributed by atoms with Crippen LogP contribution in [0.1, 0.15) is 26.7 Å². The minimum Gasteiger partial charge on any atom is -0.469 e. The summed E-state index contributed by atoms with van der Waals surface area (Å²) >= 11 is 0. The lowest BCUT2D eigenvalue weighted by atomic mass is 9.92. The van der Waals surface area contributed by atoms with Crippen molar-refractivity contribution in [1.29, 1.82) is 0 Å². The average molecular weight is 202 g/mol. The van der Waals surface area contributed by atoms with Gasteiger partial charge in [0.25, 0.3) is 0 Å². The Morgan fingerprint density at radius 3 is 2.14 bits per heavy atom. The summed E-state index contributed by atoms with van der Waals surface area (Å²) in [6.45, 7) is 3.72. The Bertz CT molecular complexity index is 200. The zero-order valence-corrected chi connectivity index (χ0v) is 9.20. The third-order valence-corrected chi connectivity index (χ3v) is 2.46. The van der Waals surface area contributed by atoms with E-state index in [1.807, 2.05) is 6.92 Å². The molecule has 0 fully saturated rings. The molecule has 0 amide bonds. The maximum absolute atomic E-state index is 11.1. The van der Waals surface area contributed by atoms with Crippen molar-refractivity contribution >= 4 is 11.9 Å². The highest BCUT2D eigenvalue weighted by molar-refractivity contribution is 5.72. The molecule has 0 unspecified atom stereocenters. The molecule has 0 radical (unpaired) electrons. The van der Waals surface area contributed by atoms with E-state index in [0.717, 1.165) is 0 Å². The smallest absolute Gasteiger partial charge is 0.308 e. The van der Waals surface area contributed by atoms with Gasteiger partial charge in [0.2, 0.25) is 0 Å². The van der Waals surface area contributed by atoms with E-state index >= 15 is 0 Å². The zero-order valence-electron chi connectivity index (χ0n) is 9.20. The summed E-state index contributed by atoms with van der Waals surface area (Å²) in [4.78, 5) is 22.0. The summed E-state index contributed by atoms with van der Waals surface area (Å²) in [6, 6.07) is 0. The number of methoxy groups -OCH3 is 2. The Labute approximate surface area is 84.6 Å². The quantitative estimate of drug-likeness (QED) is 0.632. The number of hydrogen-bond acceptors (Lipinski definition) is 4. The van der Waals surface area contributed by atoms with Crippen LogP contribution in [0.2, 0.25) is 0 Å². The molecule has 82 valence electrons. The van der Waals surface area contributed by atoms with E-state index in [1.54, 1.807) is 6.92 Å². The Kier molecular flexibility index (Phi) is 5.92. The first-order valence-electron chi connectivity index (χ1n) is 4.67. The molecule has 0 rings (SSSR count). The number of carbonyl (C=O) groups is 2.